The van der Waals surface area contributed by atoms with Gasteiger partial charge in [-0.25, -0.2) is 0 Å². The molecule has 0 unspecified atom stereocenters. The van der Waals surface area contributed by atoms with Crippen LogP contribution >= 0.6 is 0 Å². The number of carbonyl (C=O) groups is 1. The Morgan fingerprint density at radius 1 is 1.12 bits per heavy atom. The Morgan fingerprint density at radius 2 is 1.92 bits per heavy atom. The molecule has 0 saturated carbocycles. The normalized spacial score (nSPS) is 14.6. The van der Waals surface area contributed by atoms with E-state index in [-0.39, 0.29) is 5.91 Å². The van der Waals surface area contributed by atoms with Gasteiger partial charge in [0.2, 0.25) is 0 Å². The summed E-state index contributed by atoms with van der Waals surface area (Å²) in [4.78, 5) is 12.5. The van der Waals surface area contributed by atoms with Crippen LogP contribution in [0, 0.1) is 0 Å². The zero-order valence-corrected chi connectivity index (χ0v) is 14.5. The lowest BCUT2D eigenvalue weighted by molar-refractivity contribution is -0.122. The Morgan fingerprint density at radius 3 is 2.75 bits per heavy atom. The van der Waals surface area contributed by atoms with Gasteiger partial charge >= 0.3 is 0 Å². The second-order valence-corrected chi connectivity index (χ2v) is 6.36. The number of hydrogen-bond acceptors (Lipinski definition) is 2. The summed E-state index contributed by atoms with van der Waals surface area (Å²) in [7, 11) is 0. The molecular weight excluding hydrogens is 298 g/mol. The molecule has 1 atom stereocenters. The number of nitrogens with one attached hydrogen (secondary N) is 1. The van der Waals surface area contributed by atoms with E-state index in [0.717, 1.165) is 36.3 Å². The van der Waals surface area contributed by atoms with Crippen molar-refractivity contribution >= 4 is 11.6 Å². The molecule has 24 heavy (non-hydrogen) atoms. The second-order valence-electron chi connectivity index (χ2n) is 6.36. The number of aryl methyl sites for hydroxylation is 2. The predicted molar refractivity (Wildman–Crippen MR) is 97.6 cm³/mol. The third kappa shape index (κ3) is 3.61. The summed E-state index contributed by atoms with van der Waals surface area (Å²) in [6.45, 7) is 3.90. The van der Waals surface area contributed by atoms with Crippen LogP contribution in [0.1, 0.15) is 43.4 Å². The van der Waals surface area contributed by atoms with Gasteiger partial charge in [0.1, 0.15) is 5.75 Å². The van der Waals surface area contributed by atoms with Gasteiger partial charge in [0.15, 0.2) is 6.10 Å². The fourth-order valence-corrected chi connectivity index (χ4v) is 3.29. The Balaban J connectivity index is 1.71. The van der Waals surface area contributed by atoms with E-state index in [1.165, 1.54) is 24.0 Å². The summed E-state index contributed by atoms with van der Waals surface area (Å²) in [6, 6.07) is 14.1. The average Bonchev–Trinajstić information content (AvgIpc) is 2.62. The number of rotatable bonds is 5. The number of anilines is 1. The van der Waals surface area contributed by atoms with Crippen LogP contribution in [0.2, 0.25) is 0 Å². The van der Waals surface area contributed by atoms with E-state index in [4.69, 9.17) is 4.74 Å². The molecule has 1 amide bonds. The highest BCUT2D eigenvalue weighted by Crippen LogP contribution is 2.30. The number of carbonyl (C=O) groups excluding carboxylic acids is 1. The van der Waals surface area contributed by atoms with E-state index in [0.29, 0.717) is 0 Å². The summed E-state index contributed by atoms with van der Waals surface area (Å²) in [6.07, 6.45) is 4.94. The Bertz CT molecular complexity index is 724. The third-order valence-electron chi connectivity index (χ3n) is 4.68. The van der Waals surface area contributed by atoms with E-state index in [1.807, 2.05) is 43.3 Å². The highest BCUT2D eigenvalue weighted by Gasteiger charge is 2.20. The smallest absolute Gasteiger partial charge is 0.265 e. The molecule has 1 N–H and O–H groups in total. The highest BCUT2D eigenvalue weighted by molar-refractivity contribution is 5.94. The summed E-state index contributed by atoms with van der Waals surface area (Å²) >= 11 is 0. The van der Waals surface area contributed by atoms with Crippen LogP contribution in [0.4, 0.5) is 5.69 Å². The van der Waals surface area contributed by atoms with Crippen molar-refractivity contribution in [3.05, 3.63) is 59.2 Å². The second kappa shape index (κ2) is 7.52. The van der Waals surface area contributed by atoms with Gasteiger partial charge in [-0.3, -0.25) is 4.79 Å². The molecule has 0 spiro atoms. The SMILES string of the molecule is CCc1ccccc1NC(=O)[C@@H](C)Oc1cccc2c1CCCC2. The molecule has 0 aliphatic heterocycles. The van der Waals surface area contributed by atoms with Crippen LogP contribution in [-0.4, -0.2) is 12.0 Å². The molecule has 0 saturated heterocycles. The van der Waals surface area contributed by atoms with Gasteiger partial charge < -0.3 is 10.1 Å². The van der Waals surface area contributed by atoms with Crippen molar-refractivity contribution in [3.8, 4) is 5.75 Å². The fraction of sp³-hybridized carbons (Fsp3) is 0.381. The van der Waals surface area contributed by atoms with Crippen LogP contribution in [0.25, 0.3) is 0 Å². The minimum atomic E-state index is -0.525. The number of para-hydroxylation sites is 1. The van der Waals surface area contributed by atoms with Gasteiger partial charge in [-0.2, -0.15) is 0 Å². The molecule has 0 radical (unpaired) electrons. The maximum Gasteiger partial charge on any atom is 0.265 e. The molecule has 3 heteroatoms. The number of benzene rings is 2. The van der Waals surface area contributed by atoms with Crippen LogP contribution in [0.5, 0.6) is 5.75 Å². The molecule has 2 aromatic rings. The standard InChI is InChI=1S/C21H25NO2/c1-3-16-9-5-7-13-19(16)22-21(23)15(2)24-20-14-8-11-17-10-4-6-12-18(17)20/h5,7-9,11,13-15H,3-4,6,10,12H2,1-2H3,(H,22,23)/t15-/m1/s1. The van der Waals surface area contributed by atoms with E-state index in [1.54, 1.807) is 0 Å². The minimum Gasteiger partial charge on any atom is -0.481 e. The first-order chi connectivity index (χ1) is 11.7. The lowest BCUT2D eigenvalue weighted by Crippen LogP contribution is -2.31. The van der Waals surface area contributed by atoms with Crippen LogP contribution in [-0.2, 0) is 24.1 Å². The zero-order chi connectivity index (χ0) is 16.9. The number of ether oxygens (including phenoxy) is 1. The van der Waals surface area contributed by atoms with Gasteiger partial charge in [0, 0.05) is 5.69 Å². The Labute approximate surface area is 144 Å². The minimum absolute atomic E-state index is 0.107. The Kier molecular flexibility index (Phi) is 5.19. The molecule has 2 aromatic carbocycles. The van der Waals surface area contributed by atoms with E-state index in [9.17, 15) is 4.79 Å². The first-order valence-corrected chi connectivity index (χ1v) is 8.85. The van der Waals surface area contributed by atoms with Gasteiger partial charge in [-0.05, 0) is 67.9 Å². The average molecular weight is 323 g/mol. The maximum atomic E-state index is 12.5. The van der Waals surface area contributed by atoms with Gasteiger partial charge in [0.25, 0.3) is 5.91 Å². The summed E-state index contributed by atoms with van der Waals surface area (Å²) in [5.41, 5.74) is 4.64. The molecular formula is C21H25NO2. The van der Waals surface area contributed by atoms with Crippen molar-refractivity contribution in [1.29, 1.82) is 0 Å². The molecule has 126 valence electrons. The maximum absolute atomic E-state index is 12.5. The largest absolute Gasteiger partial charge is 0.481 e. The zero-order valence-electron chi connectivity index (χ0n) is 14.5. The molecule has 1 aliphatic rings. The third-order valence-corrected chi connectivity index (χ3v) is 4.68. The molecule has 0 heterocycles. The molecule has 0 fully saturated rings. The van der Waals surface area contributed by atoms with Crippen molar-refractivity contribution < 1.29 is 9.53 Å². The summed E-state index contributed by atoms with van der Waals surface area (Å²) in [5, 5.41) is 3.00. The topological polar surface area (TPSA) is 38.3 Å². The monoisotopic (exact) mass is 323 g/mol. The number of fused-ring (bicyclic) bond motifs is 1. The van der Waals surface area contributed by atoms with Crippen LogP contribution in [0.15, 0.2) is 42.5 Å². The van der Waals surface area contributed by atoms with Crippen LogP contribution in [0.3, 0.4) is 0 Å². The van der Waals surface area contributed by atoms with E-state index >= 15 is 0 Å². The van der Waals surface area contributed by atoms with Crippen LogP contribution < -0.4 is 10.1 Å². The highest BCUT2D eigenvalue weighted by atomic mass is 16.5. The first kappa shape index (κ1) is 16.6. The van der Waals surface area contributed by atoms with Crippen molar-refractivity contribution in [1.82, 2.24) is 0 Å². The van der Waals surface area contributed by atoms with Gasteiger partial charge in [-0.15, -0.1) is 0 Å². The fourth-order valence-electron chi connectivity index (χ4n) is 3.29. The molecule has 3 nitrogen and oxygen atoms in total. The molecule has 3 rings (SSSR count). The van der Waals surface area contributed by atoms with Gasteiger partial charge in [0.05, 0.1) is 0 Å². The van der Waals surface area contributed by atoms with E-state index < -0.39 is 6.10 Å². The lowest BCUT2D eigenvalue weighted by atomic mass is 9.91. The summed E-state index contributed by atoms with van der Waals surface area (Å²) in [5.74, 6) is 0.753. The van der Waals surface area contributed by atoms with Crippen molar-refractivity contribution in [2.24, 2.45) is 0 Å². The van der Waals surface area contributed by atoms with Crippen molar-refractivity contribution in [3.63, 3.8) is 0 Å². The lowest BCUT2D eigenvalue weighted by Gasteiger charge is -2.22. The predicted octanol–water partition coefficient (Wildman–Crippen LogP) is 4.53. The van der Waals surface area contributed by atoms with E-state index in [2.05, 4.69) is 18.3 Å². The molecule has 0 bridgehead atoms. The first-order valence-electron chi connectivity index (χ1n) is 8.85. The Hall–Kier alpha value is -2.29. The van der Waals surface area contributed by atoms with Crippen molar-refractivity contribution in [2.75, 3.05) is 5.32 Å². The van der Waals surface area contributed by atoms with Gasteiger partial charge in [-0.1, -0.05) is 37.3 Å². The summed E-state index contributed by atoms with van der Waals surface area (Å²) < 4.78 is 6.01. The quantitative estimate of drug-likeness (QED) is 0.877. The molecule has 1 aliphatic carbocycles. The number of hydrogen-bond donors (Lipinski definition) is 1. The number of amides is 1. The van der Waals surface area contributed by atoms with Crippen molar-refractivity contribution in [2.45, 2.75) is 52.1 Å². The molecule has 0 aromatic heterocycles.